The Morgan fingerprint density at radius 2 is 1.93 bits per heavy atom. The molecule has 0 spiro atoms. The van der Waals surface area contributed by atoms with E-state index < -0.39 is 0 Å². The van der Waals surface area contributed by atoms with E-state index in [9.17, 15) is 5.11 Å². The van der Waals surface area contributed by atoms with Crippen LogP contribution in [-0.2, 0) is 0 Å². The number of benzene rings is 1. The van der Waals surface area contributed by atoms with Gasteiger partial charge < -0.3 is 9.84 Å². The van der Waals surface area contributed by atoms with Gasteiger partial charge in [-0.05, 0) is 37.8 Å². The number of ether oxygens (including phenoxy) is 1. The number of aromatic hydroxyl groups is 1. The Balaban J connectivity index is 1.95. The van der Waals surface area contributed by atoms with Gasteiger partial charge in [-0.2, -0.15) is 0 Å². The molecular formula is C12H16O2. The van der Waals surface area contributed by atoms with E-state index >= 15 is 0 Å². The van der Waals surface area contributed by atoms with Crippen LogP contribution in [0.2, 0.25) is 0 Å². The van der Waals surface area contributed by atoms with Gasteiger partial charge in [0, 0.05) is 6.07 Å². The highest BCUT2D eigenvalue weighted by Crippen LogP contribution is 2.25. The molecule has 2 heteroatoms. The number of phenolic OH excluding ortho intramolecular Hbond substituents is 1. The second-order valence-corrected chi connectivity index (χ2v) is 3.88. The first-order chi connectivity index (χ1) is 6.84. The van der Waals surface area contributed by atoms with Crippen molar-refractivity contribution >= 4 is 0 Å². The minimum Gasteiger partial charge on any atom is -0.508 e. The molecule has 1 N–H and O–H groups in total. The third kappa shape index (κ3) is 2.41. The van der Waals surface area contributed by atoms with Crippen LogP contribution < -0.4 is 4.74 Å². The van der Waals surface area contributed by atoms with Gasteiger partial charge in [0.15, 0.2) is 0 Å². The van der Waals surface area contributed by atoms with E-state index in [1.54, 1.807) is 12.1 Å². The zero-order valence-corrected chi connectivity index (χ0v) is 8.28. The second-order valence-electron chi connectivity index (χ2n) is 3.88. The number of rotatable bonds is 2. The molecule has 0 atom stereocenters. The lowest BCUT2D eigenvalue weighted by molar-refractivity contribution is 0.154. The van der Waals surface area contributed by atoms with Crippen LogP contribution in [0.1, 0.15) is 32.1 Å². The number of phenols is 1. The van der Waals surface area contributed by atoms with Crippen LogP contribution in [0.5, 0.6) is 11.5 Å². The summed E-state index contributed by atoms with van der Waals surface area (Å²) >= 11 is 0. The van der Waals surface area contributed by atoms with E-state index in [1.165, 1.54) is 19.3 Å². The second kappa shape index (κ2) is 4.36. The summed E-state index contributed by atoms with van der Waals surface area (Å²) in [7, 11) is 0. The Labute approximate surface area is 84.5 Å². The number of hydrogen-bond acceptors (Lipinski definition) is 2. The summed E-state index contributed by atoms with van der Waals surface area (Å²) in [5.41, 5.74) is 0. The maximum atomic E-state index is 9.26. The van der Waals surface area contributed by atoms with E-state index in [2.05, 4.69) is 0 Å². The molecule has 0 heterocycles. The van der Waals surface area contributed by atoms with E-state index in [4.69, 9.17) is 4.74 Å². The van der Waals surface area contributed by atoms with Crippen molar-refractivity contribution in [3.63, 3.8) is 0 Å². The highest BCUT2D eigenvalue weighted by molar-refractivity contribution is 5.31. The summed E-state index contributed by atoms with van der Waals surface area (Å²) in [5, 5.41) is 9.26. The van der Waals surface area contributed by atoms with Gasteiger partial charge in [0.05, 0.1) is 6.10 Å². The fourth-order valence-corrected chi connectivity index (χ4v) is 1.93. The Morgan fingerprint density at radius 3 is 2.64 bits per heavy atom. The average Bonchev–Trinajstić information content (AvgIpc) is 2.19. The molecule has 2 nitrogen and oxygen atoms in total. The van der Waals surface area contributed by atoms with Gasteiger partial charge in [0.2, 0.25) is 0 Å². The molecule has 76 valence electrons. The van der Waals surface area contributed by atoms with Crippen LogP contribution in [0.3, 0.4) is 0 Å². The average molecular weight is 192 g/mol. The van der Waals surface area contributed by atoms with E-state index in [1.807, 2.05) is 12.1 Å². The molecule has 0 radical (unpaired) electrons. The molecule has 0 amide bonds. The molecule has 0 unspecified atom stereocenters. The summed E-state index contributed by atoms with van der Waals surface area (Å²) in [5.74, 6) is 1.07. The summed E-state index contributed by atoms with van der Waals surface area (Å²) < 4.78 is 5.78. The lowest BCUT2D eigenvalue weighted by atomic mass is 9.98. The van der Waals surface area contributed by atoms with Crippen LogP contribution in [0.15, 0.2) is 24.3 Å². The van der Waals surface area contributed by atoms with Gasteiger partial charge in [-0.3, -0.25) is 0 Å². The van der Waals surface area contributed by atoms with Crippen molar-refractivity contribution in [2.45, 2.75) is 38.2 Å². The van der Waals surface area contributed by atoms with Crippen LogP contribution in [0.4, 0.5) is 0 Å². The predicted molar refractivity (Wildman–Crippen MR) is 55.6 cm³/mol. The summed E-state index contributed by atoms with van der Waals surface area (Å²) in [6.07, 6.45) is 6.52. The molecule has 1 aromatic rings. The van der Waals surface area contributed by atoms with Gasteiger partial charge >= 0.3 is 0 Å². The largest absolute Gasteiger partial charge is 0.508 e. The Morgan fingerprint density at radius 1 is 1.14 bits per heavy atom. The van der Waals surface area contributed by atoms with E-state index in [0.717, 1.165) is 18.6 Å². The van der Waals surface area contributed by atoms with Gasteiger partial charge in [0.1, 0.15) is 11.5 Å². The van der Waals surface area contributed by atoms with Gasteiger partial charge in [0.25, 0.3) is 0 Å². The molecule has 14 heavy (non-hydrogen) atoms. The lowest BCUT2D eigenvalue weighted by Gasteiger charge is -2.22. The lowest BCUT2D eigenvalue weighted by Crippen LogP contribution is -2.19. The molecule has 1 aliphatic carbocycles. The highest BCUT2D eigenvalue weighted by Gasteiger charge is 2.14. The van der Waals surface area contributed by atoms with E-state index in [-0.39, 0.29) is 5.75 Å². The molecular weight excluding hydrogens is 176 g/mol. The van der Waals surface area contributed by atoms with Crippen LogP contribution in [0.25, 0.3) is 0 Å². The minimum absolute atomic E-state index is 0.276. The monoisotopic (exact) mass is 192 g/mol. The molecule has 0 aromatic heterocycles. The van der Waals surface area contributed by atoms with Crippen LogP contribution in [0, 0.1) is 0 Å². The first-order valence-corrected chi connectivity index (χ1v) is 5.30. The fraction of sp³-hybridized carbons (Fsp3) is 0.500. The number of hydrogen-bond donors (Lipinski definition) is 1. The van der Waals surface area contributed by atoms with Crippen molar-refractivity contribution < 1.29 is 9.84 Å². The van der Waals surface area contributed by atoms with Gasteiger partial charge in [-0.1, -0.05) is 12.5 Å². The zero-order valence-electron chi connectivity index (χ0n) is 8.28. The third-order valence-corrected chi connectivity index (χ3v) is 2.67. The van der Waals surface area contributed by atoms with Crippen LogP contribution in [-0.4, -0.2) is 11.2 Å². The van der Waals surface area contributed by atoms with Crippen molar-refractivity contribution in [3.8, 4) is 11.5 Å². The topological polar surface area (TPSA) is 29.5 Å². The van der Waals surface area contributed by atoms with Crippen molar-refractivity contribution in [1.29, 1.82) is 0 Å². The van der Waals surface area contributed by atoms with E-state index in [0.29, 0.717) is 6.10 Å². The standard InChI is InChI=1S/C12H16O2/c13-10-5-4-8-12(9-10)14-11-6-2-1-3-7-11/h4-5,8-9,11,13H,1-3,6-7H2. The highest BCUT2D eigenvalue weighted by atomic mass is 16.5. The molecule has 1 aliphatic rings. The minimum atomic E-state index is 0.276. The summed E-state index contributed by atoms with van der Waals surface area (Å²) in [6.45, 7) is 0. The fourth-order valence-electron chi connectivity index (χ4n) is 1.93. The molecule has 1 saturated carbocycles. The predicted octanol–water partition coefficient (Wildman–Crippen LogP) is 3.10. The van der Waals surface area contributed by atoms with Crippen molar-refractivity contribution in [2.24, 2.45) is 0 Å². The van der Waals surface area contributed by atoms with Crippen molar-refractivity contribution in [3.05, 3.63) is 24.3 Å². The molecule has 0 saturated heterocycles. The maximum absolute atomic E-state index is 9.26. The quantitative estimate of drug-likeness (QED) is 0.780. The molecule has 0 bridgehead atoms. The Hall–Kier alpha value is -1.18. The molecule has 1 fully saturated rings. The van der Waals surface area contributed by atoms with Crippen molar-refractivity contribution in [2.75, 3.05) is 0 Å². The normalized spacial score (nSPS) is 18.0. The van der Waals surface area contributed by atoms with Crippen LogP contribution >= 0.6 is 0 Å². The SMILES string of the molecule is Oc1cccc(OC2CCCCC2)c1. The Kier molecular flexibility index (Phi) is 2.92. The molecule has 1 aromatic carbocycles. The summed E-state index contributed by atoms with van der Waals surface area (Å²) in [4.78, 5) is 0. The van der Waals surface area contributed by atoms with Gasteiger partial charge in [-0.15, -0.1) is 0 Å². The first kappa shape index (κ1) is 9.38. The maximum Gasteiger partial charge on any atom is 0.123 e. The first-order valence-electron chi connectivity index (χ1n) is 5.30. The Bertz CT molecular complexity index is 290. The zero-order chi connectivity index (χ0) is 9.80. The van der Waals surface area contributed by atoms with Crippen molar-refractivity contribution in [1.82, 2.24) is 0 Å². The molecule has 2 rings (SSSR count). The van der Waals surface area contributed by atoms with Gasteiger partial charge in [-0.25, -0.2) is 0 Å². The smallest absolute Gasteiger partial charge is 0.123 e. The summed E-state index contributed by atoms with van der Waals surface area (Å²) in [6, 6.07) is 7.05. The molecule has 0 aliphatic heterocycles. The third-order valence-electron chi connectivity index (χ3n) is 2.67.